The third-order valence-electron chi connectivity index (χ3n) is 6.57. The maximum absolute atomic E-state index is 12.7. The van der Waals surface area contributed by atoms with Gasteiger partial charge in [-0.05, 0) is 61.6 Å². The van der Waals surface area contributed by atoms with E-state index in [1.807, 2.05) is 29.2 Å². The molecular weight excluding hydrogens is 426 g/mol. The van der Waals surface area contributed by atoms with Crippen LogP contribution in [0.25, 0.3) is 0 Å². The molecule has 1 unspecified atom stereocenters. The first-order valence-corrected chi connectivity index (χ1v) is 11.3. The first-order valence-electron chi connectivity index (χ1n) is 10.9. The molecule has 3 atom stereocenters. The van der Waals surface area contributed by atoms with E-state index in [-0.39, 0.29) is 6.03 Å². The third kappa shape index (κ3) is 4.49. The fourth-order valence-corrected chi connectivity index (χ4v) is 5.14. The van der Waals surface area contributed by atoms with Crippen molar-refractivity contribution >= 4 is 17.6 Å². The molecule has 2 aromatic heterocycles. The summed E-state index contributed by atoms with van der Waals surface area (Å²) >= 11 is 5.91. The van der Waals surface area contributed by atoms with Crippen LogP contribution in [0.2, 0.25) is 5.02 Å². The molecule has 1 aromatic carbocycles. The number of carbonyl (C=O) groups is 1. The maximum Gasteiger partial charge on any atom is 0.344 e. The predicted molar refractivity (Wildman–Crippen MR) is 122 cm³/mol. The lowest BCUT2D eigenvalue weighted by atomic mass is 10.0. The van der Waals surface area contributed by atoms with Crippen molar-refractivity contribution in [2.75, 3.05) is 20.1 Å². The number of hydrogen-bond acceptors (Lipinski definition) is 5. The topological polar surface area (TPSA) is 63.5 Å². The van der Waals surface area contributed by atoms with Gasteiger partial charge in [0.15, 0.2) is 0 Å². The van der Waals surface area contributed by atoms with E-state index in [4.69, 9.17) is 16.3 Å². The highest BCUT2D eigenvalue weighted by Crippen LogP contribution is 2.40. The Hall–Kier alpha value is -2.90. The van der Waals surface area contributed by atoms with Crippen LogP contribution in [0, 0.1) is 11.8 Å². The van der Waals surface area contributed by atoms with Gasteiger partial charge in [0.05, 0.1) is 23.6 Å². The van der Waals surface area contributed by atoms with Crippen molar-refractivity contribution in [2.24, 2.45) is 11.8 Å². The van der Waals surface area contributed by atoms with E-state index in [0.29, 0.717) is 22.9 Å². The van der Waals surface area contributed by atoms with Crippen LogP contribution in [0.3, 0.4) is 0 Å². The quantitative estimate of drug-likeness (QED) is 0.570. The monoisotopic (exact) mass is 451 g/mol. The van der Waals surface area contributed by atoms with Gasteiger partial charge in [-0.2, -0.15) is 9.78 Å². The Labute approximate surface area is 192 Å². The van der Waals surface area contributed by atoms with Gasteiger partial charge in [0.2, 0.25) is 0 Å². The molecule has 2 fully saturated rings. The zero-order chi connectivity index (χ0) is 22.1. The number of fused-ring (bicyclic) bond motifs is 1. The lowest BCUT2D eigenvalue weighted by Gasteiger charge is -2.26. The summed E-state index contributed by atoms with van der Waals surface area (Å²) in [5.41, 5.74) is 1.22. The number of hydrogen-bond donors (Lipinski definition) is 0. The van der Waals surface area contributed by atoms with Gasteiger partial charge in [-0.25, -0.2) is 4.79 Å². The van der Waals surface area contributed by atoms with Crippen LogP contribution in [-0.2, 0) is 6.54 Å². The second kappa shape index (κ2) is 8.92. The Morgan fingerprint density at radius 2 is 1.94 bits per heavy atom. The predicted octanol–water partition coefficient (Wildman–Crippen LogP) is 4.53. The minimum atomic E-state index is -0.0818. The summed E-state index contributed by atoms with van der Waals surface area (Å²) in [6.45, 7) is 2.45. The Morgan fingerprint density at radius 3 is 2.62 bits per heavy atom. The summed E-state index contributed by atoms with van der Waals surface area (Å²) in [5.74, 6) is 2.63. The smallest absolute Gasteiger partial charge is 0.344 e. The number of benzene rings is 1. The number of likely N-dealkylation sites (tertiary alicyclic amines) is 1. The highest BCUT2D eigenvalue weighted by atomic mass is 35.5. The number of carbonyl (C=O) groups excluding carboxylic acids is 1. The second-order valence-corrected chi connectivity index (χ2v) is 9.23. The molecular formula is C24H26ClN5O2. The molecule has 1 saturated heterocycles. The van der Waals surface area contributed by atoms with Gasteiger partial charge in [-0.1, -0.05) is 23.7 Å². The van der Waals surface area contributed by atoms with Gasteiger partial charge < -0.3 is 9.64 Å². The number of halogens is 1. The molecule has 0 radical (unpaired) electrons. The molecule has 0 spiro atoms. The molecule has 7 nitrogen and oxygen atoms in total. The van der Waals surface area contributed by atoms with Crippen LogP contribution in [0.5, 0.6) is 11.5 Å². The number of ether oxygens (including phenoxy) is 1. The van der Waals surface area contributed by atoms with Gasteiger partial charge >= 0.3 is 6.03 Å². The fraction of sp³-hybridized carbons (Fsp3) is 0.375. The van der Waals surface area contributed by atoms with Crippen molar-refractivity contribution in [1.82, 2.24) is 24.6 Å². The van der Waals surface area contributed by atoms with Gasteiger partial charge in [0, 0.05) is 31.9 Å². The minimum absolute atomic E-state index is 0.0818. The number of pyridine rings is 1. The Bertz CT molecular complexity index is 1070. The minimum Gasteiger partial charge on any atom is -0.456 e. The summed E-state index contributed by atoms with van der Waals surface area (Å²) in [5, 5.41) is 4.53. The Kier molecular flexibility index (Phi) is 5.85. The van der Waals surface area contributed by atoms with Gasteiger partial charge in [0.1, 0.15) is 11.5 Å². The van der Waals surface area contributed by atoms with Crippen LogP contribution in [-0.4, -0.2) is 56.8 Å². The zero-order valence-corrected chi connectivity index (χ0v) is 18.7. The van der Waals surface area contributed by atoms with E-state index >= 15 is 0 Å². The summed E-state index contributed by atoms with van der Waals surface area (Å²) in [6, 6.07) is 12.4. The number of aromatic nitrogens is 3. The van der Waals surface area contributed by atoms with E-state index in [9.17, 15) is 4.79 Å². The average Bonchev–Trinajstić information content (AvgIpc) is 3.49. The van der Waals surface area contributed by atoms with E-state index in [1.165, 1.54) is 16.4 Å². The lowest BCUT2D eigenvalue weighted by molar-refractivity contribution is 0.192. The van der Waals surface area contributed by atoms with Crippen LogP contribution >= 0.6 is 11.6 Å². The van der Waals surface area contributed by atoms with Crippen molar-refractivity contribution in [3.63, 3.8) is 0 Å². The molecule has 1 aliphatic heterocycles. The standard InChI is InChI=1S/C24H26ClN5O2/c1-28(13-17-4-2-5-22(8-17)32-23-6-3-7-26-12-23)21-9-18-14-29(15-19(18)10-21)24(31)30-16-20(25)11-27-30/h2-8,11-12,16,18-19,21H,9-10,13-15H2,1H3/t18-,19+,21?. The third-order valence-corrected chi connectivity index (χ3v) is 6.76. The summed E-state index contributed by atoms with van der Waals surface area (Å²) in [4.78, 5) is 21.1. The molecule has 5 rings (SSSR count). The average molecular weight is 452 g/mol. The van der Waals surface area contributed by atoms with E-state index in [1.54, 1.807) is 18.6 Å². The van der Waals surface area contributed by atoms with Crippen molar-refractivity contribution in [2.45, 2.75) is 25.4 Å². The molecule has 32 heavy (non-hydrogen) atoms. The number of nitrogens with zero attached hydrogens (tertiary/aromatic N) is 5. The fourth-order valence-electron chi connectivity index (χ4n) is 5.00. The SMILES string of the molecule is CN(Cc1cccc(Oc2cccnc2)c1)C1C[C@@H]2CN(C(=O)n3cc(Cl)cn3)C[C@@H]2C1. The zero-order valence-electron chi connectivity index (χ0n) is 18.0. The van der Waals surface area contributed by atoms with Crippen LogP contribution in [0.15, 0.2) is 61.2 Å². The summed E-state index contributed by atoms with van der Waals surface area (Å²) in [6.07, 6.45) is 8.73. The Balaban J connectivity index is 1.16. The first-order chi connectivity index (χ1) is 15.5. The van der Waals surface area contributed by atoms with E-state index < -0.39 is 0 Å². The Morgan fingerprint density at radius 1 is 1.16 bits per heavy atom. The van der Waals surface area contributed by atoms with Gasteiger partial charge in [-0.15, -0.1) is 0 Å². The molecule has 1 amide bonds. The van der Waals surface area contributed by atoms with Crippen LogP contribution in [0.1, 0.15) is 18.4 Å². The highest BCUT2D eigenvalue weighted by Gasteiger charge is 2.43. The van der Waals surface area contributed by atoms with Crippen LogP contribution in [0.4, 0.5) is 4.79 Å². The number of rotatable bonds is 5. The molecule has 1 saturated carbocycles. The molecule has 2 aliphatic rings. The van der Waals surface area contributed by atoms with Crippen LogP contribution < -0.4 is 4.74 Å². The molecule has 3 aromatic rings. The molecule has 0 N–H and O–H groups in total. The van der Waals surface area contributed by atoms with E-state index in [2.05, 4.69) is 34.2 Å². The normalized spacial score (nSPS) is 22.3. The summed E-state index contributed by atoms with van der Waals surface area (Å²) in [7, 11) is 2.19. The van der Waals surface area contributed by atoms with Crippen molar-refractivity contribution in [3.05, 3.63) is 71.8 Å². The molecule has 1 aliphatic carbocycles. The van der Waals surface area contributed by atoms with Crippen molar-refractivity contribution < 1.29 is 9.53 Å². The van der Waals surface area contributed by atoms with Crippen molar-refractivity contribution in [1.29, 1.82) is 0 Å². The molecule has 8 heteroatoms. The first kappa shape index (κ1) is 21.0. The largest absolute Gasteiger partial charge is 0.456 e. The number of amides is 1. The van der Waals surface area contributed by atoms with Crippen molar-refractivity contribution in [3.8, 4) is 11.5 Å². The summed E-state index contributed by atoms with van der Waals surface area (Å²) < 4.78 is 7.27. The van der Waals surface area contributed by atoms with Gasteiger partial charge in [0.25, 0.3) is 0 Å². The second-order valence-electron chi connectivity index (χ2n) is 8.79. The van der Waals surface area contributed by atoms with E-state index in [0.717, 1.165) is 44.0 Å². The van der Waals surface area contributed by atoms with Gasteiger partial charge in [-0.3, -0.25) is 9.88 Å². The molecule has 166 valence electrons. The lowest BCUT2D eigenvalue weighted by Crippen LogP contribution is -2.36. The molecule has 3 heterocycles. The maximum atomic E-state index is 12.7. The highest BCUT2D eigenvalue weighted by molar-refractivity contribution is 6.30. The molecule has 0 bridgehead atoms.